The van der Waals surface area contributed by atoms with Gasteiger partial charge in [-0.05, 0) is 197 Å². The molecule has 0 bridgehead atoms. The molecule has 0 fully saturated rings. The molecule has 0 amide bonds. The molecule has 113 heavy (non-hydrogen) atoms. The van der Waals surface area contributed by atoms with Gasteiger partial charge in [0.05, 0.1) is 22.3 Å². The van der Waals surface area contributed by atoms with Gasteiger partial charge in [0.15, 0.2) is 47.1 Å². The maximum Gasteiger partial charge on any atom is 0.227 e. The van der Waals surface area contributed by atoms with Gasteiger partial charge in [0.1, 0.15) is 28.2 Å². The van der Waals surface area contributed by atoms with E-state index in [9.17, 15) is 0 Å². The van der Waals surface area contributed by atoms with Crippen LogP contribution in [0.25, 0.3) is 133 Å². The summed E-state index contributed by atoms with van der Waals surface area (Å²) < 4.78 is 34.3. The summed E-state index contributed by atoms with van der Waals surface area (Å²) in [7, 11) is 8.48. The highest BCUT2D eigenvalue weighted by atomic mass is 16.4. The molecule has 12 aromatic heterocycles. The van der Waals surface area contributed by atoms with Crippen LogP contribution in [-0.4, -0.2) is 19.9 Å². The SMILES string of the molecule is CCc1ccc2c(n1)oc1c(-c3ccc(CC(C)C)c[n+]3C)c(C)ccc12.Cc1ccc2c(oc3nc(C(C)(C)C)ccc32)c1-c1ccc(CC(C)C)c[n+]1C.Cc1ccc2c(oc3nc(C(C)C)ccc32)c1-c1ccc(CC(C)C)c[n+]1C.Cc1ccc2c(oc3nc(CC(C)C)ccc32)c1-c1ccc(CC(C)C)c[n+]1C. The lowest BCUT2D eigenvalue weighted by Crippen LogP contribution is -2.31. The maximum atomic E-state index is 6.38. The third kappa shape index (κ3) is 17.1. The number of hydrogen-bond donors (Lipinski definition) is 0. The van der Waals surface area contributed by atoms with Gasteiger partial charge in [0.25, 0.3) is 0 Å². The molecular weight excluding hydrogens is 1390 g/mol. The molecule has 0 aliphatic heterocycles. The largest absolute Gasteiger partial charge is 0.437 e. The zero-order valence-electron chi connectivity index (χ0n) is 71.6. The van der Waals surface area contributed by atoms with Crippen LogP contribution in [-0.2, 0) is 72.1 Å². The monoisotopic (exact) mass is 1510 g/mol. The molecule has 0 unspecified atom stereocenters. The Morgan fingerprint density at radius 3 is 0.867 bits per heavy atom. The average Bonchev–Trinajstić information content (AvgIpc) is 1.63. The van der Waals surface area contributed by atoms with Crippen molar-refractivity contribution in [2.45, 2.75) is 188 Å². The van der Waals surface area contributed by atoms with Gasteiger partial charge in [-0.1, -0.05) is 159 Å². The van der Waals surface area contributed by atoms with Gasteiger partial charge in [0.2, 0.25) is 45.6 Å². The second kappa shape index (κ2) is 33.2. The smallest absolute Gasteiger partial charge is 0.227 e. The van der Waals surface area contributed by atoms with E-state index in [4.69, 9.17) is 37.6 Å². The molecule has 0 radical (unpaired) electrons. The minimum atomic E-state index is -0.00933. The maximum absolute atomic E-state index is 6.38. The summed E-state index contributed by atoms with van der Waals surface area (Å²) in [5.74, 6) is 3.54. The van der Waals surface area contributed by atoms with E-state index in [1.165, 1.54) is 61.6 Å². The number of furan rings is 4. The van der Waals surface area contributed by atoms with Gasteiger partial charge in [0, 0.05) is 118 Å². The van der Waals surface area contributed by atoms with Crippen molar-refractivity contribution < 1.29 is 35.9 Å². The van der Waals surface area contributed by atoms with E-state index in [1.54, 1.807) is 0 Å². The Bertz CT molecular complexity index is 6210. The Hall–Kier alpha value is -10.7. The number of aryl methyl sites for hydroxylation is 9. The molecule has 12 heterocycles. The van der Waals surface area contributed by atoms with E-state index in [0.717, 1.165) is 178 Å². The highest BCUT2D eigenvalue weighted by Gasteiger charge is 2.28. The van der Waals surface area contributed by atoms with Gasteiger partial charge < -0.3 is 17.7 Å². The van der Waals surface area contributed by atoms with Crippen LogP contribution in [0.2, 0.25) is 0 Å². The molecule has 0 aliphatic carbocycles. The molecule has 4 aromatic carbocycles. The predicted molar refractivity (Wildman–Crippen MR) is 466 cm³/mol. The van der Waals surface area contributed by atoms with Crippen LogP contribution in [0.15, 0.2) is 188 Å². The minimum Gasteiger partial charge on any atom is -0.437 e. The Kier molecular flexibility index (Phi) is 23.6. The van der Waals surface area contributed by atoms with Gasteiger partial charge in [-0.2, -0.15) is 0 Å². The Morgan fingerprint density at radius 1 is 0.301 bits per heavy atom. The molecule has 16 aromatic rings. The molecule has 0 spiro atoms. The highest BCUT2D eigenvalue weighted by Crippen LogP contribution is 2.42. The lowest BCUT2D eigenvalue weighted by molar-refractivity contribution is -0.660. The van der Waals surface area contributed by atoms with E-state index < -0.39 is 0 Å². The Morgan fingerprint density at radius 2 is 0.575 bits per heavy atom. The fourth-order valence-electron chi connectivity index (χ4n) is 16.2. The zero-order valence-corrected chi connectivity index (χ0v) is 71.6. The summed E-state index contributed by atoms with van der Waals surface area (Å²) in [6, 6.07) is 52.3. The third-order valence-corrected chi connectivity index (χ3v) is 21.7. The van der Waals surface area contributed by atoms with Crippen LogP contribution >= 0.6 is 0 Å². The summed E-state index contributed by atoms with van der Waals surface area (Å²) >= 11 is 0. The fourth-order valence-corrected chi connectivity index (χ4v) is 16.2. The number of rotatable bonds is 16. The first-order valence-corrected chi connectivity index (χ1v) is 41.1. The van der Waals surface area contributed by atoms with Gasteiger partial charge in [-0.15, -0.1) is 0 Å². The first-order valence-electron chi connectivity index (χ1n) is 41.1. The van der Waals surface area contributed by atoms with E-state index in [0.29, 0.717) is 35.5 Å². The van der Waals surface area contributed by atoms with Gasteiger partial charge in [-0.25, -0.2) is 38.2 Å². The highest BCUT2D eigenvalue weighted by molar-refractivity contribution is 6.12. The molecule has 582 valence electrons. The van der Waals surface area contributed by atoms with Crippen LogP contribution in [0, 0.1) is 57.3 Å². The van der Waals surface area contributed by atoms with Crippen LogP contribution in [0.5, 0.6) is 0 Å². The van der Waals surface area contributed by atoms with Crippen LogP contribution < -0.4 is 18.3 Å². The number of fused-ring (bicyclic) bond motifs is 12. The molecule has 0 saturated heterocycles. The molecular formula is C101H118N8O4+4. The lowest BCUT2D eigenvalue weighted by Gasteiger charge is -2.16. The topological polar surface area (TPSA) is 120 Å². The normalized spacial score (nSPS) is 12.1. The second-order valence-electron chi connectivity index (χ2n) is 35.3. The number of aromatic nitrogens is 8. The number of hydrogen-bond acceptors (Lipinski definition) is 8. The van der Waals surface area contributed by atoms with E-state index >= 15 is 0 Å². The third-order valence-electron chi connectivity index (χ3n) is 21.7. The number of nitrogens with zero attached hydrogens (tertiary/aromatic N) is 8. The van der Waals surface area contributed by atoms with Crippen LogP contribution in [0.4, 0.5) is 0 Å². The van der Waals surface area contributed by atoms with Crippen molar-refractivity contribution >= 4 is 88.3 Å². The van der Waals surface area contributed by atoms with Crippen molar-refractivity contribution in [1.82, 2.24) is 19.9 Å². The molecule has 0 saturated carbocycles. The van der Waals surface area contributed by atoms with Crippen LogP contribution in [0.3, 0.4) is 0 Å². The average molecular weight is 1510 g/mol. The first kappa shape index (κ1) is 80.3. The molecule has 0 N–H and O–H groups in total. The first-order chi connectivity index (χ1) is 53.8. The molecule has 0 atom stereocenters. The minimum absolute atomic E-state index is 0.00933. The van der Waals surface area contributed by atoms with Crippen molar-refractivity contribution in [3.8, 4) is 45.0 Å². The van der Waals surface area contributed by atoms with Gasteiger partial charge >= 0.3 is 0 Å². The second-order valence-corrected chi connectivity index (χ2v) is 35.3. The molecule has 12 heteroatoms. The summed E-state index contributed by atoms with van der Waals surface area (Å²) in [6.07, 6.45) is 15.2. The summed E-state index contributed by atoms with van der Waals surface area (Å²) in [5.41, 5.74) is 30.4. The quantitative estimate of drug-likeness (QED) is 0.0878. The van der Waals surface area contributed by atoms with Crippen molar-refractivity contribution in [3.63, 3.8) is 0 Å². The lowest BCUT2D eigenvalue weighted by atomic mass is 9.91. The summed E-state index contributed by atoms with van der Waals surface area (Å²) in [6.45, 7) is 44.1. The molecule has 0 aliphatic rings. The van der Waals surface area contributed by atoms with E-state index in [-0.39, 0.29) is 5.41 Å². The summed E-state index contributed by atoms with van der Waals surface area (Å²) in [5, 5.41) is 8.86. The fraction of sp³-hybridized carbons (Fsp3) is 0.366. The Labute approximate surface area is 669 Å². The Balaban J connectivity index is 0.000000132. The van der Waals surface area contributed by atoms with Crippen LogP contribution in [0.1, 0.15) is 184 Å². The predicted octanol–water partition coefficient (Wildman–Crippen LogP) is 24.1. The number of benzene rings is 4. The van der Waals surface area contributed by atoms with E-state index in [1.807, 2.05) is 0 Å². The van der Waals surface area contributed by atoms with Crippen molar-refractivity contribution in [2.75, 3.05) is 0 Å². The van der Waals surface area contributed by atoms with E-state index in [2.05, 4.69) is 355 Å². The summed E-state index contributed by atoms with van der Waals surface area (Å²) in [4.78, 5) is 19.1. The van der Waals surface area contributed by atoms with Gasteiger partial charge in [-0.3, -0.25) is 0 Å². The molecule has 16 rings (SSSR count). The van der Waals surface area contributed by atoms with Crippen molar-refractivity contribution in [2.24, 2.45) is 57.8 Å². The zero-order chi connectivity index (χ0) is 80.8. The standard InChI is InChI=1S/2C26H31N2O.C25H29N2O.C24H27N2O/c1-16(2)14-18-9-12-21(28(7)15-18)23-17(3)8-10-19-20-11-13-22(26(4,5)6)27-25(20)29-24(19)23;1-16(2)13-19-8-12-23(28(6)15-19)24-18(5)7-10-21-22-11-9-20(14-17(3)4)27-26(22)29-25(21)24;1-15(2)13-18-8-12-22(27(6)14-18)23-17(5)7-9-19-20-10-11-21(16(3)4)26-25(20)28-24(19)23;1-6-18-9-11-20-19-10-7-16(4)22(23(19)27-24(20)25-18)21-12-8-17(13-15(2)3)14-26(21)5/h8-13,15-16H,14H2,1-7H3;7-12,15-17H,13-14H2,1-6H3;7-12,14-16H,13H2,1-6H3;7-12,14-15H,6,13H2,1-5H3/q4*+1. The van der Waals surface area contributed by atoms with Crippen molar-refractivity contribution in [3.05, 3.63) is 238 Å². The van der Waals surface area contributed by atoms with Crippen molar-refractivity contribution in [1.29, 1.82) is 0 Å². The molecule has 12 nitrogen and oxygen atoms in total. The number of pyridine rings is 8.